The van der Waals surface area contributed by atoms with Gasteiger partial charge in [0.15, 0.2) is 0 Å². The summed E-state index contributed by atoms with van der Waals surface area (Å²) >= 11 is 0. The minimum Gasteiger partial charge on any atom is -0.497 e. The summed E-state index contributed by atoms with van der Waals surface area (Å²) in [6.45, 7) is 6.59. The number of hydrogen-bond donors (Lipinski definition) is 1. The average molecular weight is 193 g/mol. The SMILES string of the molecule is CNc1cc(OC)cc(C(C)(C)C)c1. The lowest BCUT2D eigenvalue weighted by Crippen LogP contribution is -2.11. The van der Waals surface area contributed by atoms with Crippen molar-refractivity contribution in [3.63, 3.8) is 0 Å². The van der Waals surface area contributed by atoms with E-state index in [0.29, 0.717) is 0 Å². The summed E-state index contributed by atoms with van der Waals surface area (Å²) in [6.07, 6.45) is 0. The van der Waals surface area contributed by atoms with Crippen molar-refractivity contribution in [2.45, 2.75) is 26.2 Å². The Morgan fingerprint density at radius 2 is 1.79 bits per heavy atom. The highest BCUT2D eigenvalue weighted by molar-refractivity contribution is 5.52. The molecule has 14 heavy (non-hydrogen) atoms. The van der Waals surface area contributed by atoms with Crippen molar-refractivity contribution in [3.05, 3.63) is 23.8 Å². The summed E-state index contributed by atoms with van der Waals surface area (Å²) in [5.74, 6) is 0.904. The maximum Gasteiger partial charge on any atom is 0.121 e. The summed E-state index contributed by atoms with van der Waals surface area (Å²) in [5.41, 5.74) is 2.52. The van der Waals surface area contributed by atoms with Gasteiger partial charge in [-0.25, -0.2) is 0 Å². The Morgan fingerprint density at radius 1 is 1.14 bits per heavy atom. The van der Waals surface area contributed by atoms with E-state index in [-0.39, 0.29) is 5.41 Å². The predicted molar refractivity (Wildman–Crippen MR) is 61.2 cm³/mol. The van der Waals surface area contributed by atoms with Gasteiger partial charge in [-0.15, -0.1) is 0 Å². The highest BCUT2D eigenvalue weighted by Gasteiger charge is 2.15. The third-order valence-electron chi connectivity index (χ3n) is 2.30. The van der Waals surface area contributed by atoms with Gasteiger partial charge in [0, 0.05) is 18.8 Å². The van der Waals surface area contributed by atoms with Crippen molar-refractivity contribution in [2.75, 3.05) is 19.5 Å². The molecule has 0 aliphatic rings. The molecule has 0 amide bonds. The smallest absolute Gasteiger partial charge is 0.121 e. The van der Waals surface area contributed by atoms with Crippen molar-refractivity contribution >= 4 is 5.69 Å². The van der Waals surface area contributed by atoms with Gasteiger partial charge in [0.1, 0.15) is 5.75 Å². The fourth-order valence-corrected chi connectivity index (χ4v) is 1.29. The Bertz CT molecular complexity index is 290. The van der Waals surface area contributed by atoms with Crippen LogP contribution in [0.15, 0.2) is 18.2 Å². The first kappa shape index (κ1) is 10.9. The Kier molecular flexibility index (Phi) is 3.04. The Morgan fingerprint density at radius 3 is 2.21 bits per heavy atom. The molecule has 0 unspecified atom stereocenters. The molecule has 0 aliphatic heterocycles. The Hall–Kier alpha value is -1.18. The van der Waals surface area contributed by atoms with Crippen LogP contribution in [0.3, 0.4) is 0 Å². The zero-order valence-corrected chi connectivity index (χ0v) is 9.64. The average Bonchev–Trinajstić information content (AvgIpc) is 2.15. The van der Waals surface area contributed by atoms with Crippen LogP contribution < -0.4 is 10.1 Å². The van der Waals surface area contributed by atoms with Crippen LogP contribution in [-0.4, -0.2) is 14.2 Å². The van der Waals surface area contributed by atoms with Gasteiger partial charge >= 0.3 is 0 Å². The molecular weight excluding hydrogens is 174 g/mol. The Labute approximate surface area is 86.3 Å². The lowest BCUT2D eigenvalue weighted by atomic mass is 9.86. The highest BCUT2D eigenvalue weighted by Crippen LogP contribution is 2.29. The third kappa shape index (κ3) is 2.41. The molecule has 1 N–H and O–H groups in total. The molecule has 0 saturated heterocycles. The van der Waals surface area contributed by atoms with E-state index in [0.717, 1.165) is 11.4 Å². The molecule has 0 spiro atoms. The number of ether oxygens (including phenoxy) is 1. The topological polar surface area (TPSA) is 21.3 Å². The summed E-state index contributed by atoms with van der Waals surface area (Å²) in [6, 6.07) is 6.23. The maximum atomic E-state index is 5.25. The second kappa shape index (κ2) is 3.91. The third-order valence-corrected chi connectivity index (χ3v) is 2.30. The zero-order chi connectivity index (χ0) is 10.8. The van der Waals surface area contributed by atoms with Gasteiger partial charge in [-0.1, -0.05) is 20.8 Å². The quantitative estimate of drug-likeness (QED) is 0.779. The number of nitrogens with one attached hydrogen (secondary N) is 1. The van der Waals surface area contributed by atoms with Crippen LogP contribution in [0.4, 0.5) is 5.69 Å². The fraction of sp³-hybridized carbons (Fsp3) is 0.500. The van der Waals surface area contributed by atoms with Gasteiger partial charge in [0.05, 0.1) is 7.11 Å². The van der Waals surface area contributed by atoms with E-state index in [4.69, 9.17) is 4.74 Å². The van der Waals surface area contributed by atoms with Gasteiger partial charge in [-0.2, -0.15) is 0 Å². The van der Waals surface area contributed by atoms with Crippen LogP contribution in [0.1, 0.15) is 26.3 Å². The van der Waals surface area contributed by atoms with Gasteiger partial charge in [-0.05, 0) is 23.1 Å². The largest absolute Gasteiger partial charge is 0.497 e. The molecule has 78 valence electrons. The van der Waals surface area contributed by atoms with Gasteiger partial charge in [0.2, 0.25) is 0 Å². The van der Waals surface area contributed by atoms with Crippen LogP contribution in [0.25, 0.3) is 0 Å². The molecule has 0 aromatic heterocycles. The van der Waals surface area contributed by atoms with Crippen LogP contribution in [-0.2, 0) is 5.41 Å². The fourth-order valence-electron chi connectivity index (χ4n) is 1.29. The normalized spacial score (nSPS) is 11.2. The predicted octanol–water partition coefficient (Wildman–Crippen LogP) is 3.03. The molecule has 1 rings (SSSR count). The first-order valence-corrected chi connectivity index (χ1v) is 4.84. The van der Waals surface area contributed by atoms with Crippen molar-refractivity contribution in [1.29, 1.82) is 0 Å². The van der Waals surface area contributed by atoms with E-state index in [2.05, 4.69) is 38.2 Å². The van der Waals surface area contributed by atoms with Crippen molar-refractivity contribution in [1.82, 2.24) is 0 Å². The number of anilines is 1. The van der Waals surface area contributed by atoms with Crippen LogP contribution >= 0.6 is 0 Å². The maximum absolute atomic E-state index is 5.25. The van der Waals surface area contributed by atoms with Crippen LogP contribution in [0.2, 0.25) is 0 Å². The van der Waals surface area contributed by atoms with Gasteiger partial charge < -0.3 is 10.1 Å². The van der Waals surface area contributed by atoms with E-state index >= 15 is 0 Å². The van der Waals surface area contributed by atoms with Crippen LogP contribution in [0, 0.1) is 0 Å². The molecule has 0 fully saturated rings. The molecule has 2 nitrogen and oxygen atoms in total. The monoisotopic (exact) mass is 193 g/mol. The lowest BCUT2D eigenvalue weighted by molar-refractivity contribution is 0.413. The molecule has 1 aromatic carbocycles. The minimum atomic E-state index is 0.153. The zero-order valence-electron chi connectivity index (χ0n) is 9.64. The number of rotatable bonds is 2. The number of methoxy groups -OCH3 is 1. The highest BCUT2D eigenvalue weighted by atomic mass is 16.5. The minimum absolute atomic E-state index is 0.153. The molecule has 0 heterocycles. The van der Waals surface area contributed by atoms with E-state index in [1.54, 1.807) is 7.11 Å². The van der Waals surface area contributed by atoms with Crippen LogP contribution in [0.5, 0.6) is 5.75 Å². The summed E-state index contributed by atoms with van der Waals surface area (Å²) in [7, 11) is 3.61. The molecular formula is C12H19NO. The summed E-state index contributed by atoms with van der Waals surface area (Å²) in [5, 5.41) is 3.13. The van der Waals surface area contributed by atoms with Gasteiger partial charge in [0.25, 0.3) is 0 Å². The van der Waals surface area contributed by atoms with Crippen molar-refractivity contribution in [3.8, 4) is 5.75 Å². The number of benzene rings is 1. The Balaban J connectivity index is 3.17. The molecule has 0 atom stereocenters. The molecule has 1 aromatic rings. The second-order valence-corrected chi connectivity index (χ2v) is 4.45. The van der Waals surface area contributed by atoms with E-state index in [1.807, 2.05) is 13.1 Å². The van der Waals surface area contributed by atoms with Gasteiger partial charge in [-0.3, -0.25) is 0 Å². The standard InChI is InChI=1S/C12H19NO/c1-12(2,3)9-6-10(13-4)8-11(7-9)14-5/h6-8,13H,1-5H3. The number of hydrogen-bond acceptors (Lipinski definition) is 2. The summed E-state index contributed by atoms with van der Waals surface area (Å²) in [4.78, 5) is 0. The van der Waals surface area contributed by atoms with E-state index in [9.17, 15) is 0 Å². The first-order chi connectivity index (χ1) is 6.47. The van der Waals surface area contributed by atoms with Crippen molar-refractivity contribution in [2.24, 2.45) is 0 Å². The molecule has 0 saturated carbocycles. The molecule has 0 aliphatic carbocycles. The second-order valence-electron chi connectivity index (χ2n) is 4.45. The van der Waals surface area contributed by atoms with E-state index in [1.165, 1.54) is 5.56 Å². The molecule has 0 radical (unpaired) electrons. The lowest BCUT2D eigenvalue weighted by Gasteiger charge is -2.20. The van der Waals surface area contributed by atoms with Crippen molar-refractivity contribution < 1.29 is 4.74 Å². The van der Waals surface area contributed by atoms with E-state index < -0.39 is 0 Å². The first-order valence-electron chi connectivity index (χ1n) is 4.84. The molecule has 2 heteroatoms. The molecule has 0 bridgehead atoms. The summed E-state index contributed by atoms with van der Waals surface area (Å²) < 4.78 is 5.25.